The molecule has 2 atom stereocenters. The van der Waals surface area contributed by atoms with Gasteiger partial charge in [-0.2, -0.15) is 15.0 Å². The molecule has 1 aliphatic heterocycles. The summed E-state index contributed by atoms with van der Waals surface area (Å²) in [5.74, 6) is -0.323. The number of benzene rings is 2. The lowest BCUT2D eigenvalue weighted by atomic mass is 10.1. The molecule has 28 heavy (non-hydrogen) atoms. The van der Waals surface area contributed by atoms with E-state index in [9.17, 15) is 4.39 Å². The average molecular weight is 380 g/mol. The molecule has 0 bridgehead atoms. The van der Waals surface area contributed by atoms with Gasteiger partial charge in [-0.25, -0.2) is 4.39 Å². The van der Waals surface area contributed by atoms with Crippen LogP contribution in [-0.4, -0.2) is 44.7 Å². The minimum absolute atomic E-state index is 0.000473. The molecule has 1 saturated heterocycles. The molecule has 7 nitrogen and oxygen atoms in total. The van der Waals surface area contributed by atoms with Crippen molar-refractivity contribution in [1.29, 1.82) is 0 Å². The van der Waals surface area contributed by atoms with Crippen LogP contribution in [0.1, 0.15) is 31.2 Å². The van der Waals surface area contributed by atoms with E-state index in [1.54, 1.807) is 6.07 Å². The van der Waals surface area contributed by atoms with E-state index in [0.717, 1.165) is 48.2 Å². The number of hydrogen-bond donors (Lipinski definition) is 1. The molecule has 1 N–H and O–H groups in total. The number of piperazine rings is 1. The maximum Gasteiger partial charge on any atom is 0.170 e. The first-order valence-electron chi connectivity index (χ1n) is 9.57. The molecule has 0 saturated carbocycles. The topological polar surface area (TPSA) is 72.0 Å². The lowest BCUT2D eigenvalue weighted by molar-refractivity contribution is 0.0754. The standard InChI is InChI=1S/C20H21FN6O/c1-2-19(27-23-15-5-3-4-6-16(15)24-27)26-10-9-22-17(12-26)20-14-8-7-13(21)11-18(14)28-25-20/h3-8,11,17,19,22H,2,9-10,12H2,1H3. The maximum absolute atomic E-state index is 13.4. The van der Waals surface area contributed by atoms with Crippen LogP contribution in [0, 0.1) is 5.82 Å². The Labute approximate surface area is 161 Å². The minimum Gasteiger partial charge on any atom is -0.356 e. The molecule has 0 spiro atoms. The lowest BCUT2D eigenvalue weighted by Gasteiger charge is -2.37. The summed E-state index contributed by atoms with van der Waals surface area (Å²) in [4.78, 5) is 4.19. The normalized spacial score (nSPS) is 19.4. The van der Waals surface area contributed by atoms with Crippen molar-refractivity contribution in [3.05, 3.63) is 54.0 Å². The number of nitrogens with zero attached hydrogens (tertiary/aromatic N) is 5. The average Bonchev–Trinajstić information content (AvgIpc) is 3.32. The van der Waals surface area contributed by atoms with Gasteiger partial charge in [0.1, 0.15) is 28.7 Å². The van der Waals surface area contributed by atoms with Gasteiger partial charge < -0.3 is 9.84 Å². The molecule has 0 aliphatic carbocycles. The summed E-state index contributed by atoms with van der Waals surface area (Å²) in [6.45, 7) is 4.59. The van der Waals surface area contributed by atoms with Gasteiger partial charge in [0, 0.05) is 31.1 Å². The predicted molar refractivity (Wildman–Crippen MR) is 103 cm³/mol. The van der Waals surface area contributed by atoms with Crippen molar-refractivity contribution in [2.75, 3.05) is 19.6 Å². The first-order valence-corrected chi connectivity index (χ1v) is 9.57. The van der Waals surface area contributed by atoms with E-state index in [1.807, 2.05) is 29.1 Å². The van der Waals surface area contributed by atoms with Crippen LogP contribution in [0.25, 0.3) is 22.0 Å². The van der Waals surface area contributed by atoms with Crippen molar-refractivity contribution in [1.82, 2.24) is 30.4 Å². The molecule has 0 radical (unpaired) electrons. The summed E-state index contributed by atoms with van der Waals surface area (Å²) >= 11 is 0. The highest BCUT2D eigenvalue weighted by molar-refractivity contribution is 5.79. The van der Waals surface area contributed by atoms with Gasteiger partial charge in [0.15, 0.2) is 5.58 Å². The lowest BCUT2D eigenvalue weighted by Crippen LogP contribution is -2.48. The first kappa shape index (κ1) is 17.3. The molecule has 1 aliphatic rings. The van der Waals surface area contributed by atoms with Crippen molar-refractivity contribution in [2.45, 2.75) is 25.6 Å². The van der Waals surface area contributed by atoms with Gasteiger partial charge in [-0.3, -0.25) is 4.90 Å². The summed E-state index contributed by atoms with van der Waals surface area (Å²) in [6, 6.07) is 12.5. The smallest absolute Gasteiger partial charge is 0.170 e. The van der Waals surface area contributed by atoms with E-state index in [1.165, 1.54) is 12.1 Å². The van der Waals surface area contributed by atoms with Gasteiger partial charge in [-0.15, -0.1) is 0 Å². The van der Waals surface area contributed by atoms with Crippen LogP contribution in [0.4, 0.5) is 4.39 Å². The number of nitrogens with one attached hydrogen (secondary N) is 1. The second-order valence-corrected chi connectivity index (χ2v) is 7.11. The van der Waals surface area contributed by atoms with Gasteiger partial charge in [-0.05, 0) is 30.7 Å². The molecule has 1 fully saturated rings. The van der Waals surface area contributed by atoms with Gasteiger partial charge >= 0.3 is 0 Å². The third-order valence-corrected chi connectivity index (χ3v) is 5.35. The van der Waals surface area contributed by atoms with Crippen LogP contribution in [-0.2, 0) is 0 Å². The molecule has 144 valence electrons. The van der Waals surface area contributed by atoms with Crippen LogP contribution in [0.5, 0.6) is 0 Å². The zero-order chi connectivity index (χ0) is 19.1. The van der Waals surface area contributed by atoms with Crippen LogP contribution in [0.3, 0.4) is 0 Å². The molecule has 2 aromatic carbocycles. The zero-order valence-electron chi connectivity index (χ0n) is 15.5. The number of fused-ring (bicyclic) bond motifs is 2. The Morgan fingerprint density at radius 3 is 2.75 bits per heavy atom. The fraction of sp³-hybridized carbons (Fsp3) is 0.350. The van der Waals surface area contributed by atoms with Gasteiger partial charge in [-0.1, -0.05) is 24.2 Å². The van der Waals surface area contributed by atoms with E-state index < -0.39 is 0 Å². The van der Waals surface area contributed by atoms with Crippen molar-refractivity contribution in [3.8, 4) is 0 Å². The van der Waals surface area contributed by atoms with E-state index in [-0.39, 0.29) is 18.0 Å². The van der Waals surface area contributed by atoms with Gasteiger partial charge in [0.05, 0.1) is 6.04 Å². The van der Waals surface area contributed by atoms with E-state index in [2.05, 4.69) is 32.5 Å². The Kier molecular flexibility index (Phi) is 4.29. The Hall–Kier alpha value is -2.84. The van der Waals surface area contributed by atoms with E-state index >= 15 is 0 Å². The van der Waals surface area contributed by atoms with Crippen molar-refractivity contribution in [2.24, 2.45) is 0 Å². The summed E-state index contributed by atoms with van der Waals surface area (Å²) < 4.78 is 18.8. The van der Waals surface area contributed by atoms with Crippen molar-refractivity contribution in [3.63, 3.8) is 0 Å². The molecule has 2 aromatic heterocycles. The quantitative estimate of drug-likeness (QED) is 0.586. The fourth-order valence-corrected chi connectivity index (χ4v) is 3.99. The summed E-state index contributed by atoms with van der Waals surface area (Å²) in [6.07, 6.45) is 0.950. The predicted octanol–water partition coefficient (Wildman–Crippen LogP) is 3.27. The monoisotopic (exact) mass is 380 g/mol. The number of hydrogen-bond acceptors (Lipinski definition) is 6. The third kappa shape index (κ3) is 2.94. The van der Waals surface area contributed by atoms with E-state index in [4.69, 9.17) is 4.52 Å². The van der Waals surface area contributed by atoms with Gasteiger partial charge in [0.2, 0.25) is 0 Å². The molecule has 2 unspecified atom stereocenters. The Balaban J connectivity index is 1.43. The SMILES string of the molecule is CCC(N1CCNC(c2noc3cc(F)ccc23)C1)n1nc2ccccc2n1. The largest absolute Gasteiger partial charge is 0.356 e. The van der Waals surface area contributed by atoms with Crippen LogP contribution >= 0.6 is 0 Å². The number of halogens is 1. The van der Waals surface area contributed by atoms with Gasteiger partial charge in [0.25, 0.3) is 0 Å². The fourth-order valence-electron chi connectivity index (χ4n) is 3.99. The Morgan fingerprint density at radius 1 is 1.21 bits per heavy atom. The number of aromatic nitrogens is 4. The molecule has 0 amide bonds. The number of rotatable bonds is 4. The van der Waals surface area contributed by atoms with E-state index in [0.29, 0.717) is 5.58 Å². The second kappa shape index (κ2) is 6.96. The van der Waals surface area contributed by atoms with Crippen molar-refractivity contribution >= 4 is 22.0 Å². The summed E-state index contributed by atoms with van der Waals surface area (Å²) in [7, 11) is 0. The van der Waals surface area contributed by atoms with Crippen LogP contribution in [0.15, 0.2) is 47.0 Å². The minimum atomic E-state index is -0.323. The third-order valence-electron chi connectivity index (χ3n) is 5.35. The first-order chi connectivity index (χ1) is 13.7. The zero-order valence-corrected chi connectivity index (χ0v) is 15.5. The highest BCUT2D eigenvalue weighted by Crippen LogP contribution is 2.29. The van der Waals surface area contributed by atoms with Crippen molar-refractivity contribution < 1.29 is 8.91 Å². The highest BCUT2D eigenvalue weighted by Gasteiger charge is 2.30. The molecular weight excluding hydrogens is 359 g/mol. The molecule has 4 aromatic rings. The molecule has 8 heteroatoms. The Bertz CT molecular complexity index is 1090. The van der Waals surface area contributed by atoms with Crippen LogP contribution < -0.4 is 5.32 Å². The Morgan fingerprint density at radius 2 is 2.00 bits per heavy atom. The maximum atomic E-state index is 13.4. The molecule has 5 rings (SSSR count). The summed E-state index contributed by atoms with van der Waals surface area (Å²) in [5, 5.41) is 17.9. The van der Waals surface area contributed by atoms with Crippen LogP contribution in [0.2, 0.25) is 0 Å². The molecule has 3 heterocycles. The summed E-state index contributed by atoms with van der Waals surface area (Å²) in [5.41, 5.74) is 3.09. The second-order valence-electron chi connectivity index (χ2n) is 7.11. The molecular formula is C20H21FN6O. The highest BCUT2D eigenvalue weighted by atomic mass is 19.1.